The zero-order chi connectivity index (χ0) is 13.6. The summed E-state index contributed by atoms with van der Waals surface area (Å²) in [5.41, 5.74) is 0.754. The van der Waals surface area contributed by atoms with Gasteiger partial charge in [0.05, 0.1) is 5.56 Å². The Labute approximate surface area is 122 Å². The average molecular weight is 284 g/mol. The molecule has 0 saturated heterocycles. The topological polar surface area (TPSA) is 26.3 Å². The molecule has 102 valence electrons. The molecule has 1 spiro atoms. The zero-order valence-corrected chi connectivity index (χ0v) is 12.0. The average Bonchev–Trinajstić information content (AvgIpc) is 2.47. The molecule has 2 aliphatic rings. The van der Waals surface area contributed by atoms with Crippen molar-refractivity contribution in [3.8, 4) is 0 Å². The Morgan fingerprint density at radius 1 is 1.00 bits per heavy atom. The molecule has 2 nitrogen and oxygen atoms in total. The summed E-state index contributed by atoms with van der Waals surface area (Å²) in [5.74, 6) is -0.141. The second kappa shape index (κ2) is 4.52. The minimum Gasteiger partial charge on any atom is -0.444 e. The van der Waals surface area contributed by atoms with Crippen molar-refractivity contribution in [2.75, 3.05) is 0 Å². The Morgan fingerprint density at radius 3 is 2.65 bits per heavy atom. The smallest absolute Gasteiger partial charge is 0.341 e. The number of hydrogen-bond acceptors (Lipinski definition) is 3. The summed E-state index contributed by atoms with van der Waals surface area (Å²) in [4.78, 5) is 13.3. The molecule has 0 N–H and O–H groups in total. The van der Waals surface area contributed by atoms with Crippen molar-refractivity contribution in [2.45, 2.75) is 41.9 Å². The number of rotatable bonds is 0. The molecule has 0 radical (unpaired) electrons. The maximum Gasteiger partial charge on any atom is 0.341 e. The first kappa shape index (κ1) is 12.3. The molecule has 0 bridgehead atoms. The highest BCUT2D eigenvalue weighted by molar-refractivity contribution is 8.00. The van der Waals surface area contributed by atoms with Gasteiger partial charge < -0.3 is 4.74 Å². The number of benzene rings is 2. The first-order chi connectivity index (χ1) is 9.77. The van der Waals surface area contributed by atoms with Crippen molar-refractivity contribution in [1.82, 2.24) is 0 Å². The molecule has 1 aliphatic carbocycles. The quantitative estimate of drug-likeness (QED) is 0.652. The monoisotopic (exact) mass is 284 g/mol. The normalized spacial score (nSPS) is 20.7. The van der Waals surface area contributed by atoms with E-state index in [1.807, 2.05) is 24.3 Å². The van der Waals surface area contributed by atoms with Gasteiger partial charge in [-0.3, -0.25) is 0 Å². The number of carbonyl (C=O) groups is 1. The second-order valence-electron chi connectivity index (χ2n) is 5.62. The summed E-state index contributed by atoms with van der Waals surface area (Å²) in [6.45, 7) is 0. The fraction of sp³-hybridized carbons (Fsp3) is 0.353. The number of carbonyl (C=O) groups excluding carboxylic acids is 1. The molecular weight excluding hydrogens is 268 g/mol. The maximum absolute atomic E-state index is 12.5. The summed E-state index contributed by atoms with van der Waals surface area (Å²) in [5, 5.41) is 2.11. The van der Waals surface area contributed by atoms with E-state index in [2.05, 4.69) is 12.1 Å². The molecule has 1 saturated carbocycles. The van der Waals surface area contributed by atoms with E-state index in [4.69, 9.17) is 4.74 Å². The van der Waals surface area contributed by atoms with Gasteiger partial charge in [0.25, 0.3) is 0 Å². The van der Waals surface area contributed by atoms with E-state index in [1.165, 1.54) is 6.42 Å². The molecule has 2 aromatic carbocycles. The maximum atomic E-state index is 12.5. The Kier molecular flexibility index (Phi) is 2.77. The fourth-order valence-corrected chi connectivity index (χ4v) is 4.73. The highest BCUT2D eigenvalue weighted by atomic mass is 32.2. The fourth-order valence-electron chi connectivity index (χ4n) is 3.28. The van der Waals surface area contributed by atoms with Crippen LogP contribution in [0.4, 0.5) is 0 Å². The lowest BCUT2D eigenvalue weighted by Gasteiger charge is -2.39. The molecule has 1 heterocycles. The third-order valence-corrected chi connectivity index (χ3v) is 5.71. The SMILES string of the molecule is O=C1OC2(CCCCC2)Sc2ccc3ccccc3c21. The van der Waals surface area contributed by atoms with Gasteiger partial charge in [0.2, 0.25) is 0 Å². The molecule has 0 amide bonds. The predicted octanol–water partition coefficient (Wildman–Crippen LogP) is 4.76. The number of fused-ring (bicyclic) bond motifs is 3. The van der Waals surface area contributed by atoms with E-state index in [0.29, 0.717) is 0 Å². The summed E-state index contributed by atoms with van der Waals surface area (Å²) < 4.78 is 5.87. The van der Waals surface area contributed by atoms with Gasteiger partial charge >= 0.3 is 5.97 Å². The minimum atomic E-state index is -0.301. The molecule has 0 aromatic heterocycles. The molecule has 1 aliphatic heterocycles. The van der Waals surface area contributed by atoms with Gasteiger partial charge in [-0.15, -0.1) is 0 Å². The highest BCUT2D eigenvalue weighted by Crippen LogP contribution is 2.50. The van der Waals surface area contributed by atoms with Gasteiger partial charge in [-0.1, -0.05) is 48.5 Å². The van der Waals surface area contributed by atoms with Crippen LogP contribution < -0.4 is 0 Å². The lowest BCUT2D eigenvalue weighted by molar-refractivity contribution is 0.00581. The van der Waals surface area contributed by atoms with Gasteiger partial charge in [-0.2, -0.15) is 0 Å². The van der Waals surface area contributed by atoms with E-state index in [1.54, 1.807) is 11.8 Å². The summed E-state index contributed by atoms with van der Waals surface area (Å²) in [7, 11) is 0. The van der Waals surface area contributed by atoms with E-state index in [-0.39, 0.29) is 10.9 Å². The Hall–Kier alpha value is -1.48. The van der Waals surface area contributed by atoms with Gasteiger partial charge in [-0.05, 0) is 42.5 Å². The summed E-state index contributed by atoms with van der Waals surface area (Å²) in [6.07, 6.45) is 5.53. The third-order valence-electron chi connectivity index (χ3n) is 4.28. The van der Waals surface area contributed by atoms with Crippen LogP contribution in [0.15, 0.2) is 41.3 Å². The molecular formula is C17H16O2S. The first-order valence-corrected chi connectivity index (χ1v) is 8.03. The lowest BCUT2D eigenvalue weighted by atomic mass is 9.96. The zero-order valence-electron chi connectivity index (χ0n) is 11.2. The van der Waals surface area contributed by atoms with Crippen LogP contribution in [0.1, 0.15) is 42.5 Å². The van der Waals surface area contributed by atoms with Crippen LogP contribution in [-0.2, 0) is 4.74 Å². The van der Waals surface area contributed by atoms with Crippen LogP contribution in [0.25, 0.3) is 10.8 Å². The van der Waals surface area contributed by atoms with E-state index >= 15 is 0 Å². The number of hydrogen-bond donors (Lipinski definition) is 0. The lowest BCUT2D eigenvalue weighted by Crippen LogP contribution is -2.37. The number of esters is 1. The van der Waals surface area contributed by atoms with Crippen LogP contribution >= 0.6 is 11.8 Å². The number of thioether (sulfide) groups is 1. The Morgan fingerprint density at radius 2 is 1.80 bits per heavy atom. The molecule has 3 heteroatoms. The molecule has 20 heavy (non-hydrogen) atoms. The van der Waals surface area contributed by atoms with Crippen LogP contribution in [0.5, 0.6) is 0 Å². The van der Waals surface area contributed by atoms with Crippen molar-refractivity contribution in [3.05, 3.63) is 42.0 Å². The number of ether oxygens (including phenoxy) is 1. The molecule has 1 fully saturated rings. The minimum absolute atomic E-state index is 0.141. The van der Waals surface area contributed by atoms with Crippen LogP contribution in [-0.4, -0.2) is 10.9 Å². The van der Waals surface area contributed by atoms with Crippen molar-refractivity contribution < 1.29 is 9.53 Å². The first-order valence-electron chi connectivity index (χ1n) is 7.22. The molecule has 2 aromatic rings. The van der Waals surface area contributed by atoms with Gasteiger partial charge in [-0.25, -0.2) is 4.79 Å². The van der Waals surface area contributed by atoms with Gasteiger partial charge in [0.1, 0.15) is 0 Å². The standard InChI is InChI=1S/C17H16O2S/c18-16-15-13-7-3-2-6-12(13)8-9-14(15)20-17(19-16)10-4-1-5-11-17/h2-3,6-9H,1,4-5,10-11H2. The molecule has 0 unspecified atom stereocenters. The van der Waals surface area contributed by atoms with Crippen molar-refractivity contribution >= 4 is 28.5 Å². The third kappa shape index (κ3) is 1.84. The van der Waals surface area contributed by atoms with Crippen molar-refractivity contribution in [2.24, 2.45) is 0 Å². The van der Waals surface area contributed by atoms with E-state index < -0.39 is 0 Å². The van der Waals surface area contributed by atoms with Crippen LogP contribution in [0.2, 0.25) is 0 Å². The summed E-state index contributed by atoms with van der Waals surface area (Å²) in [6, 6.07) is 12.2. The van der Waals surface area contributed by atoms with Gasteiger partial charge in [0.15, 0.2) is 4.93 Å². The second-order valence-corrected chi connectivity index (χ2v) is 7.01. The van der Waals surface area contributed by atoms with Gasteiger partial charge in [0, 0.05) is 4.90 Å². The van der Waals surface area contributed by atoms with E-state index in [9.17, 15) is 4.79 Å². The van der Waals surface area contributed by atoms with E-state index in [0.717, 1.165) is 46.9 Å². The van der Waals surface area contributed by atoms with Crippen molar-refractivity contribution in [3.63, 3.8) is 0 Å². The Balaban J connectivity index is 1.85. The largest absolute Gasteiger partial charge is 0.444 e. The van der Waals surface area contributed by atoms with Crippen LogP contribution in [0.3, 0.4) is 0 Å². The molecule has 0 atom stereocenters. The Bertz CT molecular complexity index is 686. The van der Waals surface area contributed by atoms with Crippen molar-refractivity contribution in [1.29, 1.82) is 0 Å². The highest BCUT2D eigenvalue weighted by Gasteiger charge is 2.42. The summed E-state index contributed by atoms with van der Waals surface area (Å²) >= 11 is 1.76. The molecule has 4 rings (SSSR count). The predicted molar refractivity (Wildman–Crippen MR) is 81.0 cm³/mol. The van der Waals surface area contributed by atoms with Crippen LogP contribution in [0, 0.1) is 0 Å².